The fourth-order valence-electron chi connectivity index (χ4n) is 3.38. The van der Waals surface area contributed by atoms with Gasteiger partial charge in [-0.1, -0.05) is 11.3 Å². The average Bonchev–Trinajstić information content (AvgIpc) is 3.40. The van der Waals surface area contributed by atoms with Crippen LogP contribution in [-0.4, -0.2) is 60.2 Å². The monoisotopic (exact) mass is 443 g/mol. The second-order valence-electron chi connectivity index (χ2n) is 7.05. The minimum absolute atomic E-state index is 0.147. The maximum atomic E-state index is 12.7. The Morgan fingerprint density at radius 1 is 1.20 bits per heavy atom. The first kappa shape index (κ1) is 19.4. The molecule has 3 aromatic heterocycles. The lowest BCUT2D eigenvalue weighted by Crippen LogP contribution is -2.38. The molecule has 10 heteroatoms. The second kappa shape index (κ2) is 8.31. The number of oxazole rings is 1. The van der Waals surface area contributed by atoms with Crippen molar-refractivity contribution in [1.82, 2.24) is 14.9 Å². The number of ether oxygens (including phenoxy) is 1. The zero-order valence-electron chi connectivity index (χ0n) is 16.4. The van der Waals surface area contributed by atoms with Gasteiger partial charge in [0, 0.05) is 38.8 Å². The lowest BCUT2D eigenvalue weighted by Gasteiger charge is -2.26. The van der Waals surface area contributed by atoms with Crippen molar-refractivity contribution in [2.24, 2.45) is 0 Å². The van der Waals surface area contributed by atoms with Gasteiger partial charge in [-0.15, -0.1) is 11.3 Å². The smallest absolute Gasteiger partial charge is 0.265 e. The first-order valence-corrected chi connectivity index (χ1v) is 11.4. The molecule has 8 nitrogen and oxygen atoms in total. The van der Waals surface area contributed by atoms with Crippen LogP contribution in [0.3, 0.4) is 0 Å². The van der Waals surface area contributed by atoms with Crippen LogP contribution in [0.2, 0.25) is 0 Å². The topological polar surface area (TPSA) is 92.5 Å². The van der Waals surface area contributed by atoms with E-state index >= 15 is 0 Å². The number of morpholine rings is 1. The molecule has 156 valence electrons. The maximum absolute atomic E-state index is 12.7. The summed E-state index contributed by atoms with van der Waals surface area (Å²) in [7, 11) is 0. The molecule has 4 heterocycles. The molecular formula is C20H21N5O3S2. The Kier molecular flexibility index (Phi) is 5.38. The largest absolute Gasteiger partial charge is 0.441 e. The molecule has 0 spiro atoms. The first-order valence-electron chi connectivity index (χ1n) is 9.77. The number of nitrogens with one attached hydrogen (secondary N) is 2. The number of benzene rings is 1. The van der Waals surface area contributed by atoms with Gasteiger partial charge in [0.2, 0.25) is 0 Å². The summed E-state index contributed by atoms with van der Waals surface area (Å²) in [5.41, 5.74) is 2.13. The van der Waals surface area contributed by atoms with Crippen molar-refractivity contribution in [3.05, 3.63) is 35.0 Å². The van der Waals surface area contributed by atoms with Crippen LogP contribution >= 0.6 is 22.7 Å². The number of fused-ring (bicyclic) bond motifs is 2. The third kappa shape index (κ3) is 4.17. The highest BCUT2D eigenvalue weighted by atomic mass is 32.1. The van der Waals surface area contributed by atoms with E-state index in [1.54, 1.807) is 18.3 Å². The number of rotatable bonds is 6. The highest BCUT2D eigenvalue weighted by molar-refractivity contribution is 7.29. The van der Waals surface area contributed by atoms with Gasteiger partial charge in [-0.25, -0.2) is 9.97 Å². The molecule has 1 amide bonds. The number of nitrogens with zero attached hydrogens (tertiary/aromatic N) is 3. The van der Waals surface area contributed by atoms with E-state index in [1.807, 2.05) is 24.3 Å². The van der Waals surface area contributed by atoms with Gasteiger partial charge in [0.05, 0.1) is 22.8 Å². The summed E-state index contributed by atoms with van der Waals surface area (Å²) in [5.74, 6) is 0.457. The van der Waals surface area contributed by atoms with Crippen molar-refractivity contribution in [2.75, 3.05) is 50.0 Å². The lowest BCUT2D eigenvalue weighted by atomic mass is 10.3. The highest BCUT2D eigenvalue weighted by Crippen LogP contribution is 2.33. The van der Waals surface area contributed by atoms with Crippen molar-refractivity contribution >= 4 is 60.0 Å². The molecule has 1 aromatic carbocycles. The van der Waals surface area contributed by atoms with E-state index in [-0.39, 0.29) is 5.91 Å². The Morgan fingerprint density at radius 3 is 2.90 bits per heavy atom. The standard InChI is InChI=1S/C20H21N5O3S2/c1-12-22-14-10-13(2-3-15(14)28-12)23-18(26)16-11-17-19(29-16)24-20(30-17)21-4-5-25-6-8-27-9-7-25/h2-3,10-11H,4-9H2,1H3,(H,21,24)(H,23,26). The number of thiophene rings is 1. The van der Waals surface area contributed by atoms with E-state index in [2.05, 4.69) is 25.5 Å². The Morgan fingerprint density at radius 2 is 2.07 bits per heavy atom. The summed E-state index contributed by atoms with van der Waals surface area (Å²) in [6, 6.07) is 7.34. The van der Waals surface area contributed by atoms with Crippen LogP contribution in [0.4, 0.5) is 10.8 Å². The number of hydrogen-bond acceptors (Lipinski definition) is 9. The maximum Gasteiger partial charge on any atom is 0.265 e. The Hall–Kier alpha value is -2.53. The van der Waals surface area contributed by atoms with Gasteiger partial charge in [0.25, 0.3) is 5.91 Å². The summed E-state index contributed by atoms with van der Waals surface area (Å²) in [6.07, 6.45) is 0. The quantitative estimate of drug-likeness (QED) is 0.468. The summed E-state index contributed by atoms with van der Waals surface area (Å²) < 4.78 is 11.9. The fraction of sp³-hybridized carbons (Fsp3) is 0.350. The van der Waals surface area contributed by atoms with E-state index in [1.165, 1.54) is 11.3 Å². The summed E-state index contributed by atoms with van der Waals surface area (Å²) in [6.45, 7) is 7.20. The van der Waals surface area contributed by atoms with Crippen LogP contribution in [0.15, 0.2) is 28.7 Å². The molecule has 0 atom stereocenters. The molecule has 1 aliphatic rings. The van der Waals surface area contributed by atoms with E-state index in [9.17, 15) is 4.79 Å². The van der Waals surface area contributed by atoms with Crippen molar-refractivity contribution in [3.8, 4) is 0 Å². The Labute approximate surface area is 180 Å². The van der Waals surface area contributed by atoms with Gasteiger partial charge in [-0.2, -0.15) is 0 Å². The van der Waals surface area contributed by atoms with Crippen LogP contribution in [0.5, 0.6) is 0 Å². The van der Waals surface area contributed by atoms with Crippen LogP contribution < -0.4 is 10.6 Å². The normalized spacial score (nSPS) is 15.1. The zero-order chi connectivity index (χ0) is 20.5. The minimum atomic E-state index is -0.147. The van der Waals surface area contributed by atoms with Crippen molar-refractivity contribution < 1.29 is 13.9 Å². The summed E-state index contributed by atoms with van der Waals surface area (Å²) >= 11 is 2.98. The van der Waals surface area contributed by atoms with Gasteiger partial charge < -0.3 is 19.8 Å². The Bertz CT molecular complexity index is 1160. The number of carbonyl (C=O) groups is 1. The van der Waals surface area contributed by atoms with Gasteiger partial charge >= 0.3 is 0 Å². The third-order valence-corrected chi connectivity index (χ3v) is 6.99. The molecule has 30 heavy (non-hydrogen) atoms. The lowest BCUT2D eigenvalue weighted by molar-refractivity contribution is 0.0398. The van der Waals surface area contributed by atoms with E-state index < -0.39 is 0 Å². The average molecular weight is 444 g/mol. The van der Waals surface area contributed by atoms with Crippen molar-refractivity contribution in [1.29, 1.82) is 0 Å². The number of anilines is 2. The number of carbonyl (C=O) groups excluding carboxylic acids is 1. The molecule has 0 saturated carbocycles. The number of aryl methyl sites for hydroxylation is 1. The van der Waals surface area contributed by atoms with E-state index in [4.69, 9.17) is 9.15 Å². The van der Waals surface area contributed by atoms with Crippen molar-refractivity contribution in [3.63, 3.8) is 0 Å². The Balaban J connectivity index is 1.21. The van der Waals surface area contributed by atoms with Crippen LogP contribution in [0, 0.1) is 6.92 Å². The number of hydrogen-bond donors (Lipinski definition) is 2. The van der Waals surface area contributed by atoms with Gasteiger partial charge in [-0.3, -0.25) is 9.69 Å². The zero-order valence-corrected chi connectivity index (χ0v) is 18.1. The first-order chi connectivity index (χ1) is 14.6. The number of aromatic nitrogens is 2. The molecule has 5 rings (SSSR count). The highest BCUT2D eigenvalue weighted by Gasteiger charge is 2.15. The second-order valence-corrected chi connectivity index (χ2v) is 9.11. The molecule has 0 bridgehead atoms. The molecule has 1 fully saturated rings. The fourth-order valence-corrected chi connectivity index (χ4v) is 5.42. The van der Waals surface area contributed by atoms with Crippen molar-refractivity contribution in [2.45, 2.75) is 6.92 Å². The number of amides is 1. The molecule has 0 unspecified atom stereocenters. The van der Waals surface area contributed by atoms with Crippen LogP contribution in [0.25, 0.3) is 20.6 Å². The molecular weight excluding hydrogens is 422 g/mol. The molecule has 0 aliphatic carbocycles. The summed E-state index contributed by atoms with van der Waals surface area (Å²) in [5, 5.41) is 7.21. The molecule has 2 N–H and O–H groups in total. The van der Waals surface area contributed by atoms with E-state index in [0.717, 1.165) is 59.6 Å². The van der Waals surface area contributed by atoms with Crippen LogP contribution in [0.1, 0.15) is 15.6 Å². The SMILES string of the molecule is Cc1nc2cc(NC(=O)c3cc4sc(NCCN5CCOCC5)nc4s3)ccc2o1. The molecule has 4 aromatic rings. The third-order valence-electron chi connectivity index (χ3n) is 4.87. The number of thiazole rings is 1. The molecule has 0 radical (unpaired) electrons. The summed E-state index contributed by atoms with van der Waals surface area (Å²) in [4.78, 5) is 25.5. The van der Waals surface area contributed by atoms with Gasteiger partial charge in [0.1, 0.15) is 10.3 Å². The minimum Gasteiger partial charge on any atom is -0.441 e. The predicted octanol–water partition coefficient (Wildman–Crippen LogP) is 3.80. The van der Waals surface area contributed by atoms with Gasteiger partial charge in [-0.05, 0) is 24.3 Å². The molecule has 1 saturated heterocycles. The van der Waals surface area contributed by atoms with Gasteiger partial charge in [0.15, 0.2) is 16.6 Å². The molecule has 1 aliphatic heterocycles. The predicted molar refractivity (Wildman–Crippen MR) is 120 cm³/mol. The van der Waals surface area contributed by atoms with E-state index in [0.29, 0.717) is 22.0 Å². The van der Waals surface area contributed by atoms with Crippen LogP contribution in [-0.2, 0) is 4.74 Å².